The number of nitrogens with one attached hydrogen (secondary N) is 1. The van der Waals surface area contributed by atoms with Gasteiger partial charge < -0.3 is 10.1 Å². The van der Waals surface area contributed by atoms with Gasteiger partial charge in [-0.05, 0) is 57.0 Å². The zero-order chi connectivity index (χ0) is 11.3. The minimum atomic E-state index is 1.05. The van der Waals surface area contributed by atoms with Crippen LogP contribution in [0.1, 0.15) is 23.1 Å². The normalized spacial score (nSPS) is 10.4. The van der Waals surface area contributed by atoms with Gasteiger partial charge in [0.25, 0.3) is 0 Å². The number of hydrogen-bond donors (Lipinski definition) is 1. The smallest absolute Gasteiger partial charge is 0.125 e. The molecular formula is C13H21NO. The van der Waals surface area contributed by atoms with E-state index in [9.17, 15) is 0 Å². The number of aryl methyl sites for hydroxylation is 2. The van der Waals surface area contributed by atoms with Crippen LogP contribution in [0.2, 0.25) is 0 Å². The topological polar surface area (TPSA) is 21.3 Å². The van der Waals surface area contributed by atoms with Crippen LogP contribution in [0.15, 0.2) is 12.1 Å². The van der Waals surface area contributed by atoms with Crippen molar-refractivity contribution in [1.82, 2.24) is 5.32 Å². The van der Waals surface area contributed by atoms with Crippen molar-refractivity contribution in [3.63, 3.8) is 0 Å². The fraction of sp³-hybridized carbons (Fsp3) is 0.538. The SMILES string of the molecule is CNCCCc1ccc(C)c(C)c1OC. The summed E-state index contributed by atoms with van der Waals surface area (Å²) in [4.78, 5) is 0. The molecule has 1 N–H and O–H groups in total. The summed E-state index contributed by atoms with van der Waals surface area (Å²) in [5.74, 6) is 1.06. The lowest BCUT2D eigenvalue weighted by atomic mass is 10.0. The zero-order valence-electron chi connectivity index (χ0n) is 10.2. The highest BCUT2D eigenvalue weighted by Gasteiger charge is 2.07. The van der Waals surface area contributed by atoms with Crippen molar-refractivity contribution in [3.05, 3.63) is 28.8 Å². The fourth-order valence-corrected chi connectivity index (χ4v) is 1.78. The molecule has 84 valence electrons. The van der Waals surface area contributed by atoms with Gasteiger partial charge in [0.05, 0.1) is 7.11 Å². The first-order valence-electron chi connectivity index (χ1n) is 5.48. The van der Waals surface area contributed by atoms with E-state index in [1.807, 2.05) is 7.05 Å². The van der Waals surface area contributed by atoms with Crippen molar-refractivity contribution in [3.8, 4) is 5.75 Å². The molecule has 0 spiro atoms. The molecule has 0 bridgehead atoms. The third-order valence-corrected chi connectivity index (χ3v) is 2.84. The van der Waals surface area contributed by atoms with E-state index in [-0.39, 0.29) is 0 Å². The van der Waals surface area contributed by atoms with Crippen LogP contribution >= 0.6 is 0 Å². The van der Waals surface area contributed by atoms with Crippen molar-refractivity contribution < 1.29 is 4.74 Å². The molecule has 0 aliphatic rings. The minimum absolute atomic E-state index is 1.05. The lowest BCUT2D eigenvalue weighted by molar-refractivity contribution is 0.405. The van der Waals surface area contributed by atoms with Crippen LogP contribution in [-0.2, 0) is 6.42 Å². The van der Waals surface area contributed by atoms with E-state index in [2.05, 4.69) is 31.3 Å². The van der Waals surface area contributed by atoms with Crippen LogP contribution in [0.5, 0.6) is 5.75 Å². The Hall–Kier alpha value is -1.02. The molecule has 1 rings (SSSR count). The lowest BCUT2D eigenvalue weighted by Gasteiger charge is -2.13. The molecule has 15 heavy (non-hydrogen) atoms. The first kappa shape index (κ1) is 12.1. The quantitative estimate of drug-likeness (QED) is 0.749. The molecule has 1 aromatic rings. The summed E-state index contributed by atoms with van der Waals surface area (Å²) in [5.41, 5.74) is 3.87. The van der Waals surface area contributed by atoms with E-state index in [1.54, 1.807) is 7.11 Å². The van der Waals surface area contributed by atoms with Crippen LogP contribution in [0.3, 0.4) is 0 Å². The Balaban J connectivity index is 2.83. The molecule has 0 saturated carbocycles. The average molecular weight is 207 g/mol. The molecule has 0 aromatic heterocycles. The van der Waals surface area contributed by atoms with E-state index in [4.69, 9.17) is 4.74 Å². The highest BCUT2D eigenvalue weighted by atomic mass is 16.5. The molecule has 1 aromatic carbocycles. The number of ether oxygens (including phenoxy) is 1. The van der Waals surface area contributed by atoms with E-state index in [0.717, 1.165) is 25.1 Å². The van der Waals surface area contributed by atoms with Crippen molar-refractivity contribution in [2.75, 3.05) is 20.7 Å². The first-order chi connectivity index (χ1) is 7.20. The molecule has 0 aliphatic carbocycles. The largest absolute Gasteiger partial charge is 0.496 e. The molecule has 0 unspecified atom stereocenters. The fourth-order valence-electron chi connectivity index (χ4n) is 1.78. The highest BCUT2D eigenvalue weighted by molar-refractivity contribution is 5.45. The summed E-state index contributed by atoms with van der Waals surface area (Å²) in [5, 5.41) is 3.16. The van der Waals surface area contributed by atoms with E-state index in [0.29, 0.717) is 0 Å². The molecular weight excluding hydrogens is 186 g/mol. The Kier molecular flexibility index (Phi) is 4.63. The van der Waals surface area contributed by atoms with Gasteiger partial charge in [-0.15, -0.1) is 0 Å². The highest BCUT2D eigenvalue weighted by Crippen LogP contribution is 2.26. The average Bonchev–Trinajstić information content (AvgIpc) is 2.24. The summed E-state index contributed by atoms with van der Waals surface area (Å²) >= 11 is 0. The second-order valence-electron chi connectivity index (χ2n) is 3.91. The first-order valence-corrected chi connectivity index (χ1v) is 5.48. The van der Waals surface area contributed by atoms with E-state index < -0.39 is 0 Å². The molecule has 0 atom stereocenters. The van der Waals surface area contributed by atoms with Crippen molar-refractivity contribution in [1.29, 1.82) is 0 Å². The summed E-state index contributed by atoms with van der Waals surface area (Å²) in [6.45, 7) is 5.29. The van der Waals surface area contributed by atoms with Crippen LogP contribution in [-0.4, -0.2) is 20.7 Å². The van der Waals surface area contributed by atoms with Crippen LogP contribution in [0.4, 0.5) is 0 Å². The predicted molar refractivity (Wildman–Crippen MR) is 64.7 cm³/mol. The third-order valence-electron chi connectivity index (χ3n) is 2.84. The van der Waals surface area contributed by atoms with Gasteiger partial charge in [-0.3, -0.25) is 0 Å². The molecule has 0 saturated heterocycles. The molecule has 0 aliphatic heterocycles. The van der Waals surface area contributed by atoms with Crippen LogP contribution in [0, 0.1) is 13.8 Å². The van der Waals surface area contributed by atoms with Gasteiger partial charge in [-0.2, -0.15) is 0 Å². The van der Waals surface area contributed by atoms with Crippen molar-refractivity contribution in [2.45, 2.75) is 26.7 Å². The second-order valence-corrected chi connectivity index (χ2v) is 3.91. The Morgan fingerprint density at radius 1 is 1.27 bits per heavy atom. The number of hydrogen-bond acceptors (Lipinski definition) is 2. The van der Waals surface area contributed by atoms with E-state index in [1.165, 1.54) is 16.7 Å². The van der Waals surface area contributed by atoms with Gasteiger partial charge in [0.15, 0.2) is 0 Å². The number of methoxy groups -OCH3 is 1. The van der Waals surface area contributed by atoms with Gasteiger partial charge in [-0.1, -0.05) is 12.1 Å². The molecule has 2 heteroatoms. The van der Waals surface area contributed by atoms with Gasteiger partial charge in [-0.25, -0.2) is 0 Å². The zero-order valence-corrected chi connectivity index (χ0v) is 10.2. The lowest BCUT2D eigenvalue weighted by Crippen LogP contribution is -2.09. The van der Waals surface area contributed by atoms with Gasteiger partial charge in [0.2, 0.25) is 0 Å². The third kappa shape index (κ3) is 2.96. The Morgan fingerprint density at radius 3 is 2.60 bits per heavy atom. The predicted octanol–water partition coefficient (Wildman–Crippen LogP) is 2.46. The molecule has 0 amide bonds. The molecule has 0 radical (unpaired) electrons. The molecule has 2 nitrogen and oxygen atoms in total. The van der Waals surface area contributed by atoms with Crippen molar-refractivity contribution in [2.24, 2.45) is 0 Å². The Labute approximate surface area is 92.6 Å². The molecule has 0 heterocycles. The summed E-state index contributed by atoms with van der Waals surface area (Å²) < 4.78 is 5.47. The Morgan fingerprint density at radius 2 is 2.00 bits per heavy atom. The summed E-state index contributed by atoms with van der Waals surface area (Å²) in [6, 6.07) is 4.35. The molecule has 0 fully saturated rings. The number of rotatable bonds is 5. The van der Waals surface area contributed by atoms with Crippen LogP contribution in [0.25, 0.3) is 0 Å². The maximum Gasteiger partial charge on any atom is 0.125 e. The summed E-state index contributed by atoms with van der Waals surface area (Å²) in [6.07, 6.45) is 2.22. The maximum absolute atomic E-state index is 5.47. The van der Waals surface area contributed by atoms with Crippen LogP contribution < -0.4 is 10.1 Å². The van der Waals surface area contributed by atoms with Gasteiger partial charge in [0.1, 0.15) is 5.75 Å². The number of benzene rings is 1. The maximum atomic E-state index is 5.47. The van der Waals surface area contributed by atoms with Gasteiger partial charge >= 0.3 is 0 Å². The van der Waals surface area contributed by atoms with E-state index >= 15 is 0 Å². The van der Waals surface area contributed by atoms with Gasteiger partial charge in [0, 0.05) is 0 Å². The monoisotopic (exact) mass is 207 g/mol. The standard InChI is InChI=1S/C13H21NO/c1-10-7-8-12(6-5-9-14-3)13(15-4)11(10)2/h7-8,14H,5-6,9H2,1-4H3. The summed E-state index contributed by atoms with van der Waals surface area (Å²) in [7, 11) is 3.74. The second kappa shape index (κ2) is 5.76. The van der Waals surface area contributed by atoms with Crippen molar-refractivity contribution >= 4 is 0 Å². The minimum Gasteiger partial charge on any atom is -0.496 e. The Bertz CT molecular complexity index is 321.